The smallest absolute Gasteiger partial charge is 0.248 e. The summed E-state index contributed by atoms with van der Waals surface area (Å²) in [6.45, 7) is 4.36. The van der Waals surface area contributed by atoms with Gasteiger partial charge in [0.1, 0.15) is 17.6 Å². The Kier molecular flexibility index (Phi) is 2.80. The second-order valence-electron chi connectivity index (χ2n) is 4.51. The number of carbonyl (C=O) groups excluding carboxylic acids is 1. The van der Waals surface area contributed by atoms with E-state index in [-0.39, 0.29) is 11.8 Å². The number of rotatable bonds is 2. The van der Waals surface area contributed by atoms with Gasteiger partial charge in [0.25, 0.3) is 0 Å². The van der Waals surface area contributed by atoms with Crippen LogP contribution in [0.15, 0.2) is 18.6 Å². The first kappa shape index (κ1) is 11.5. The van der Waals surface area contributed by atoms with Crippen LogP contribution in [0.3, 0.4) is 0 Å². The van der Waals surface area contributed by atoms with Gasteiger partial charge in [-0.05, 0) is 18.4 Å². The molecule has 17 heavy (non-hydrogen) atoms. The fourth-order valence-corrected chi connectivity index (χ4v) is 2.17. The number of nitriles is 1. The zero-order valence-electron chi connectivity index (χ0n) is 9.92. The van der Waals surface area contributed by atoms with Gasteiger partial charge >= 0.3 is 0 Å². The molecule has 1 aromatic heterocycles. The second kappa shape index (κ2) is 4.13. The second-order valence-corrected chi connectivity index (χ2v) is 4.51. The molecule has 1 aliphatic rings. The first-order chi connectivity index (χ1) is 8.12. The molecule has 0 aliphatic carbocycles. The number of aromatic nitrogens is 2. The minimum atomic E-state index is -0.898. The molecule has 1 saturated heterocycles. The normalized spacial score (nSPS) is 24.1. The van der Waals surface area contributed by atoms with Crippen molar-refractivity contribution < 1.29 is 4.79 Å². The van der Waals surface area contributed by atoms with E-state index in [1.165, 1.54) is 6.33 Å². The van der Waals surface area contributed by atoms with Crippen molar-refractivity contribution in [2.45, 2.75) is 20.3 Å². The highest BCUT2D eigenvalue weighted by Gasteiger charge is 2.50. The molecule has 1 fully saturated rings. The first-order valence-electron chi connectivity index (χ1n) is 5.61. The highest BCUT2D eigenvalue weighted by atomic mass is 16.2. The van der Waals surface area contributed by atoms with Gasteiger partial charge in [0.2, 0.25) is 5.91 Å². The van der Waals surface area contributed by atoms with E-state index in [0.29, 0.717) is 18.8 Å². The summed E-state index contributed by atoms with van der Waals surface area (Å²) in [6, 6.07) is 3.88. The van der Waals surface area contributed by atoms with Gasteiger partial charge in [-0.15, -0.1) is 0 Å². The maximum absolute atomic E-state index is 12.3. The van der Waals surface area contributed by atoms with E-state index in [9.17, 15) is 10.1 Å². The van der Waals surface area contributed by atoms with Crippen LogP contribution in [0, 0.1) is 22.7 Å². The molecule has 88 valence electrons. The molecule has 5 nitrogen and oxygen atoms in total. The lowest BCUT2D eigenvalue weighted by atomic mass is 9.77. The van der Waals surface area contributed by atoms with Crippen molar-refractivity contribution in [3.63, 3.8) is 0 Å². The van der Waals surface area contributed by atoms with Gasteiger partial charge in [-0.3, -0.25) is 9.69 Å². The molecule has 5 heteroatoms. The standard InChI is InChI=1S/C12H14N4O/c1-9(2)12(7-13)4-6-16(11(12)17)10-3-5-14-8-15-10/h3,5,8-9H,4,6H2,1-2H3/t12-/m1/s1. The molecule has 1 aliphatic heterocycles. The summed E-state index contributed by atoms with van der Waals surface area (Å²) in [6.07, 6.45) is 3.56. The molecule has 0 radical (unpaired) electrons. The third kappa shape index (κ3) is 1.66. The molecule has 2 rings (SSSR count). The zero-order chi connectivity index (χ0) is 12.5. The summed E-state index contributed by atoms with van der Waals surface area (Å²) < 4.78 is 0. The van der Waals surface area contributed by atoms with Crippen molar-refractivity contribution in [2.75, 3.05) is 11.4 Å². The predicted molar refractivity (Wildman–Crippen MR) is 61.9 cm³/mol. The molecule has 0 aromatic carbocycles. The number of nitrogens with zero attached hydrogens (tertiary/aromatic N) is 4. The van der Waals surface area contributed by atoms with E-state index < -0.39 is 5.41 Å². The Hall–Kier alpha value is -1.96. The molecule has 1 aromatic rings. The molecule has 0 saturated carbocycles. The summed E-state index contributed by atoms with van der Waals surface area (Å²) in [5.74, 6) is 0.434. The van der Waals surface area contributed by atoms with Crippen LogP contribution >= 0.6 is 0 Å². The maximum Gasteiger partial charge on any atom is 0.248 e. The highest BCUT2D eigenvalue weighted by molar-refractivity contribution is 6.01. The van der Waals surface area contributed by atoms with Gasteiger partial charge in [0.05, 0.1) is 6.07 Å². The lowest BCUT2D eigenvalue weighted by Gasteiger charge is -2.23. The third-order valence-corrected chi connectivity index (χ3v) is 3.38. The van der Waals surface area contributed by atoms with Gasteiger partial charge in [-0.2, -0.15) is 5.26 Å². The number of hydrogen-bond donors (Lipinski definition) is 0. The number of amides is 1. The Bertz CT molecular complexity index is 465. The van der Waals surface area contributed by atoms with Crippen LogP contribution in [0.5, 0.6) is 0 Å². The van der Waals surface area contributed by atoms with Crippen LogP contribution in [-0.4, -0.2) is 22.4 Å². The topological polar surface area (TPSA) is 69.9 Å². The molecule has 1 atom stereocenters. The Morgan fingerprint density at radius 2 is 2.35 bits per heavy atom. The van der Waals surface area contributed by atoms with Crippen molar-refractivity contribution >= 4 is 11.7 Å². The minimum Gasteiger partial charge on any atom is -0.295 e. The zero-order valence-corrected chi connectivity index (χ0v) is 9.92. The highest BCUT2D eigenvalue weighted by Crippen LogP contribution is 2.39. The van der Waals surface area contributed by atoms with Crippen LogP contribution in [0.4, 0.5) is 5.82 Å². The number of hydrogen-bond acceptors (Lipinski definition) is 4. The van der Waals surface area contributed by atoms with Gasteiger partial charge in [-0.25, -0.2) is 9.97 Å². The SMILES string of the molecule is CC(C)[C@]1(C#N)CCN(c2ccncn2)C1=O. The number of anilines is 1. The summed E-state index contributed by atoms with van der Waals surface area (Å²) in [7, 11) is 0. The van der Waals surface area contributed by atoms with Crippen molar-refractivity contribution in [3.8, 4) is 6.07 Å². The summed E-state index contributed by atoms with van der Waals surface area (Å²) >= 11 is 0. The number of carbonyl (C=O) groups is 1. The van der Waals surface area contributed by atoms with Gasteiger partial charge in [-0.1, -0.05) is 13.8 Å². The Balaban J connectivity index is 2.34. The average molecular weight is 230 g/mol. The molecule has 1 amide bonds. The molecule has 0 bridgehead atoms. The van der Waals surface area contributed by atoms with E-state index in [2.05, 4.69) is 16.0 Å². The Labute approximate surface area is 100 Å². The molecule has 0 unspecified atom stereocenters. The maximum atomic E-state index is 12.3. The molecule has 2 heterocycles. The first-order valence-corrected chi connectivity index (χ1v) is 5.61. The predicted octanol–water partition coefficient (Wildman–Crippen LogP) is 1.38. The molecular weight excluding hydrogens is 216 g/mol. The molecule has 0 spiro atoms. The molecule has 0 N–H and O–H groups in total. The summed E-state index contributed by atoms with van der Waals surface area (Å²) in [5, 5.41) is 9.29. The summed E-state index contributed by atoms with van der Waals surface area (Å²) in [4.78, 5) is 21.8. The quantitative estimate of drug-likeness (QED) is 0.769. The largest absolute Gasteiger partial charge is 0.295 e. The van der Waals surface area contributed by atoms with Crippen LogP contribution in [-0.2, 0) is 4.79 Å². The minimum absolute atomic E-state index is 0.00633. The van der Waals surface area contributed by atoms with E-state index in [1.807, 2.05) is 13.8 Å². The fourth-order valence-electron chi connectivity index (χ4n) is 2.17. The van der Waals surface area contributed by atoms with Crippen molar-refractivity contribution in [1.29, 1.82) is 5.26 Å². The van der Waals surface area contributed by atoms with Crippen molar-refractivity contribution in [3.05, 3.63) is 18.6 Å². The lowest BCUT2D eigenvalue weighted by Crippen LogP contribution is -2.37. The Morgan fingerprint density at radius 1 is 1.59 bits per heavy atom. The van der Waals surface area contributed by atoms with E-state index >= 15 is 0 Å². The fraction of sp³-hybridized carbons (Fsp3) is 0.500. The van der Waals surface area contributed by atoms with Gasteiger partial charge < -0.3 is 0 Å². The van der Waals surface area contributed by atoms with E-state index in [4.69, 9.17) is 0 Å². The average Bonchev–Trinajstić information content (AvgIpc) is 2.68. The van der Waals surface area contributed by atoms with E-state index in [1.54, 1.807) is 17.2 Å². The third-order valence-electron chi connectivity index (χ3n) is 3.38. The van der Waals surface area contributed by atoms with Crippen LogP contribution < -0.4 is 4.90 Å². The molecular formula is C12H14N4O. The lowest BCUT2D eigenvalue weighted by molar-refractivity contribution is -0.124. The van der Waals surface area contributed by atoms with Crippen LogP contribution in [0.25, 0.3) is 0 Å². The Morgan fingerprint density at radius 3 is 2.82 bits per heavy atom. The van der Waals surface area contributed by atoms with Crippen molar-refractivity contribution in [2.24, 2.45) is 11.3 Å². The van der Waals surface area contributed by atoms with Crippen LogP contribution in [0.1, 0.15) is 20.3 Å². The van der Waals surface area contributed by atoms with E-state index in [0.717, 1.165) is 0 Å². The van der Waals surface area contributed by atoms with Crippen molar-refractivity contribution in [1.82, 2.24) is 9.97 Å². The van der Waals surface area contributed by atoms with Gasteiger partial charge in [0, 0.05) is 12.7 Å². The monoisotopic (exact) mass is 230 g/mol. The van der Waals surface area contributed by atoms with Crippen LogP contribution in [0.2, 0.25) is 0 Å². The van der Waals surface area contributed by atoms with Gasteiger partial charge in [0.15, 0.2) is 0 Å². The summed E-state index contributed by atoms with van der Waals surface area (Å²) in [5.41, 5.74) is -0.898.